The van der Waals surface area contributed by atoms with Gasteiger partial charge in [0.05, 0.1) is 6.61 Å². The van der Waals surface area contributed by atoms with Gasteiger partial charge in [0.1, 0.15) is 5.75 Å². The fourth-order valence-corrected chi connectivity index (χ4v) is 2.83. The Labute approximate surface area is 132 Å². The van der Waals surface area contributed by atoms with Crippen LogP contribution in [0.1, 0.15) is 29.8 Å². The Bertz CT molecular complexity index is 686. The molecule has 22 heavy (non-hydrogen) atoms. The molecule has 0 unspecified atom stereocenters. The summed E-state index contributed by atoms with van der Waals surface area (Å²) in [5.74, 6) is -0.559. The van der Waals surface area contributed by atoms with Crippen molar-refractivity contribution in [2.24, 2.45) is 0 Å². The van der Waals surface area contributed by atoms with Crippen molar-refractivity contribution in [1.82, 2.24) is 0 Å². The third kappa shape index (κ3) is 4.07. The molecule has 2 rings (SSSR count). The summed E-state index contributed by atoms with van der Waals surface area (Å²) >= 11 is 1.36. The predicted molar refractivity (Wildman–Crippen MR) is 83.5 cm³/mol. The molecule has 0 aliphatic rings. The van der Waals surface area contributed by atoms with E-state index in [1.807, 2.05) is 6.92 Å². The minimum atomic E-state index is -0.868. The van der Waals surface area contributed by atoms with Crippen LogP contribution in [-0.4, -0.2) is 12.4 Å². The third-order valence-corrected chi connectivity index (χ3v) is 4.09. The molecule has 0 atom stereocenters. The van der Waals surface area contributed by atoms with Crippen molar-refractivity contribution >= 4 is 17.5 Å². The van der Waals surface area contributed by atoms with Crippen LogP contribution in [0.3, 0.4) is 0 Å². The average Bonchev–Trinajstić information content (AvgIpc) is 2.49. The summed E-state index contributed by atoms with van der Waals surface area (Å²) in [5.41, 5.74) is 1.45. The molecule has 0 saturated carbocycles. The number of ketones is 1. The van der Waals surface area contributed by atoms with Crippen LogP contribution < -0.4 is 4.74 Å². The zero-order chi connectivity index (χ0) is 16.1. The predicted octanol–water partition coefficient (Wildman–Crippen LogP) is 4.86. The number of ether oxygens (including phenoxy) is 1. The maximum atomic E-state index is 13.2. The van der Waals surface area contributed by atoms with Gasteiger partial charge in [-0.2, -0.15) is 0 Å². The number of halogens is 2. The van der Waals surface area contributed by atoms with Crippen LogP contribution in [-0.2, 0) is 5.75 Å². The van der Waals surface area contributed by atoms with E-state index in [9.17, 15) is 13.6 Å². The summed E-state index contributed by atoms with van der Waals surface area (Å²) in [4.78, 5) is 12.1. The largest absolute Gasteiger partial charge is 0.494 e. The molecule has 2 nitrogen and oxygen atoms in total. The first-order chi connectivity index (χ1) is 10.5. The van der Waals surface area contributed by atoms with Crippen LogP contribution in [0, 0.1) is 11.6 Å². The Kier molecular flexibility index (Phi) is 5.55. The molecular weight excluding hydrogens is 306 g/mol. The van der Waals surface area contributed by atoms with Crippen LogP contribution >= 0.6 is 11.8 Å². The van der Waals surface area contributed by atoms with Gasteiger partial charge in [-0.15, -0.1) is 11.8 Å². The number of thioether (sulfide) groups is 1. The molecule has 0 spiro atoms. The molecule has 0 aliphatic carbocycles. The molecule has 2 aromatic rings. The van der Waals surface area contributed by atoms with E-state index in [0.717, 1.165) is 17.7 Å². The van der Waals surface area contributed by atoms with Gasteiger partial charge in [0.25, 0.3) is 0 Å². The molecular formula is C17H16F2O2S. The lowest BCUT2D eigenvalue weighted by atomic mass is 10.1. The molecule has 116 valence electrons. The molecule has 0 heterocycles. The topological polar surface area (TPSA) is 26.3 Å². The SMILES string of the molecule is CCOc1ccc(C(C)=O)cc1CSc1ccc(F)c(F)c1. The van der Waals surface area contributed by atoms with E-state index in [1.165, 1.54) is 24.8 Å². The van der Waals surface area contributed by atoms with Crippen molar-refractivity contribution in [1.29, 1.82) is 0 Å². The van der Waals surface area contributed by atoms with Gasteiger partial charge >= 0.3 is 0 Å². The van der Waals surface area contributed by atoms with Gasteiger partial charge in [-0.05, 0) is 50.2 Å². The van der Waals surface area contributed by atoms with E-state index in [1.54, 1.807) is 18.2 Å². The number of hydrogen-bond donors (Lipinski definition) is 0. The fraction of sp³-hybridized carbons (Fsp3) is 0.235. The van der Waals surface area contributed by atoms with Crippen LogP contribution in [0.25, 0.3) is 0 Å². The lowest BCUT2D eigenvalue weighted by Crippen LogP contribution is -1.99. The summed E-state index contributed by atoms with van der Waals surface area (Å²) in [7, 11) is 0. The molecule has 0 fully saturated rings. The molecule has 0 amide bonds. The second kappa shape index (κ2) is 7.40. The Hall–Kier alpha value is -1.88. The number of rotatable bonds is 6. The van der Waals surface area contributed by atoms with E-state index in [0.29, 0.717) is 28.6 Å². The standard InChI is InChI=1S/C17H16F2O2S/c1-3-21-17-7-4-12(11(2)20)8-13(17)10-22-14-5-6-15(18)16(19)9-14/h4-9H,3,10H2,1-2H3. The Morgan fingerprint density at radius 1 is 1.14 bits per heavy atom. The second-order valence-electron chi connectivity index (χ2n) is 4.68. The number of hydrogen-bond acceptors (Lipinski definition) is 3. The van der Waals surface area contributed by atoms with Gasteiger partial charge in [0.15, 0.2) is 17.4 Å². The van der Waals surface area contributed by atoms with Crippen molar-refractivity contribution in [2.75, 3.05) is 6.61 Å². The highest BCUT2D eigenvalue weighted by molar-refractivity contribution is 7.98. The van der Waals surface area contributed by atoms with Crippen molar-refractivity contribution in [3.05, 3.63) is 59.2 Å². The zero-order valence-electron chi connectivity index (χ0n) is 12.4. The summed E-state index contributed by atoms with van der Waals surface area (Å²) in [6.45, 7) is 3.90. The quantitative estimate of drug-likeness (QED) is 0.561. The molecule has 0 saturated heterocycles. The summed E-state index contributed by atoms with van der Waals surface area (Å²) < 4.78 is 31.7. The Morgan fingerprint density at radius 2 is 1.91 bits per heavy atom. The summed E-state index contributed by atoms with van der Waals surface area (Å²) in [5, 5.41) is 0. The fourth-order valence-electron chi connectivity index (χ4n) is 1.94. The van der Waals surface area contributed by atoms with Gasteiger partial charge in [0, 0.05) is 21.8 Å². The molecule has 0 aliphatic heterocycles. The van der Waals surface area contributed by atoms with Crippen molar-refractivity contribution in [3.8, 4) is 5.75 Å². The van der Waals surface area contributed by atoms with Crippen LogP contribution in [0.4, 0.5) is 8.78 Å². The third-order valence-electron chi connectivity index (χ3n) is 3.05. The van der Waals surface area contributed by atoms with E-state index >= 15 is 0 Å². The molecule has 0 radical (unpaired) electrons. The maximum absolute atomic E-state index is 13.2. The molecule has 2 aromatic carbocycles. The van der Waals surface area contributed by atoms with Gasteiger partial charge in [-0.1, -0.05) is 0 Å². The van der Waals surface area contributed by atoms with Crippen molar-refractivity contribution < 1.29 is 18.3 Å². The zero-order valence-corrected chi connectivity index (χ0v) is 13.2. The highest BCUT2D eigenvalue weighted by Crippen LogP contribution is 2.30. The average molecular weight is 322 g/mol. The van der Waals surface area contributed by atoms with E-state index < -0.39 is 11.6 Å². The van der Waals surface area contributed by atoms with Crippen LogP contribution in [0.5, 0.6) is 5.75 Å². The summed E-state index contributed by atoms with van der Waals surface area (Å²) in [6.07, 6.45) is 0. The molecule has 0 N–H and O–H groups in total. The highest BCUT2D eigenvalue weighted by Gasteiger charge is 2.09. The number of benzene rings is 2. The first-order valence-electron chi connectivity index (χ1n) is 6.85. The van der Waals surface area contributed by atoms with Gasteiger partial charge in [-0.3, -0.25) is 4.79 Å². The van der Waals surface area contributed by atoms with Crippen LogP contribution in [0.15, 0.2) is 41.3 Å². The molecule has 5 heteroatoms. The monoisotopic (exact) mass is 322 g/mol. The van der Waals surface area contributed by atoms with Gasteiger partial charge in [0.2, 0.25) is 0 Å². The normalized spacial score (nSPS) is 10.5. The maximum Gasteiger partial charge on any atom is 0.159 e. The van der Waals surface area contributed by atoms with Crippen molar-refractivity contribution in [2.45, 2.75) is 24.5 Å². The first kappa shape index (κ1) is 16.5. The van der Waals surface area contributed by atoms with Gasteiger partial charge < -0.3 is 4.74 Å². The number of carbonyl (C=O) groups is 1. The lowest BCUT2D eigenvalue weighted by molar-refractivity contribution is 0.101. The van der Waals surface area contributed by atoms with Crippen LogP contribution in [0.2, 0.25) is 0 Å². The molecule has 0 bridgehead atoms. The smallest absolute Gasteiger partial charge is 0.159 e. The lowest BCUT2D eigenvalue weighted by Gasteiger charge is -2.11. The van der Waals surface area contributed by atoms with E-state index in [2.05, 4.69) is 0 Å². The van der Waals surface area contributed by atoms with Crippen molar-refractivity contribution in [3.63, 3.8) is 0 Å². The number of Topliss-reactive ketones (excluding diaryl/α,β-unsaturated/α-hetero) is 1. The van der Waals surface area contributed by atoms with E-state index in [4.69, 9.17) is 4.74 Å². The highest BCUT2D eigenvalue weighted by atomic mass is 32.2. The Morgan fingerprint density at radius 3 is 2.55 bits per heavy atom. The minimum Gasteiger partial charge on any atom is -0.494 e. The summed E-state index contributed by atoms with van der Waals surface area (Å²) in [6, 6.07) is 9.06. The second-order valence-corrected chi connectivity index (χ2v) is 5.73. The van der Waals surface area contributed by atoms with E-state index in [-0.39, 0.29) is 5.78 Å². The Balaban J connectivity index is 2.20. The molecule has 0 aromatic heterocycles. The number of carbonyl (C=O) groups excluding carboxylic acids is 1. The minimum absolute atomic E-state index is 0.0258. The van der Waals surface area contributed by atoms with Gasteiger partial charge in [-0.25, -0.2) is 8.78 Å². The first-order valence-corrected chi connectivity index (χ1v) is 7.84.